The molecule has 2 rings (SSSR count). The summed E-state index contributed by atoms with van der Waals surface area (Å²) in [5, 5.41) is 0. The van der Waals surface area contributed by atoms with E-state index in [-0.39, 0.29) is 17.2 Å². The van der Waals surface area contributed by atoms with Gasteiger partial charge in [0.25, 0.3) is 9.05 Å². The number of amides is 1. The normalized spacial score (nSPS) is 18.8. The molecule has 1 aromatic rings. The molecular formula is C14H18ClNO4S. The highest BCUT2D eigenvalue weighted by atomic mass is 35.7. The van der Waals surface area contributed by atoms with Crippen molar-refractivity contribution < 1.29 is 17.9 Å². The van der Waals surface area contributed by atoms with E-state index < -0.39 is 9.05 Å². The lowest BCUT2D eigenvalue weighted by Gasteiger charge is -2.17. The summed E-state index contributed by atoms with van der Waals surface area (Å²) >= 11 is 0. The Morgan fingerprint density at radius 1 is 1.48 bits per heavy atom. The quantitative estimate of drug-likeness (QED) is 0.792. The molecule has 7 heteroatoms. The minimum absolute atomic E-state index is 0.0254. The number of halogens is 1. The summed E-state index contributed by atoms with van der Waals surface area (Å²) in [4.78, 5) is 14.0. The Kier molecular flexibility index (Phi) is 4.78. The Labute approximate surface area is 129 Å². The first-order valence-electron chi connectivity index (χ1n) is 6.70. The van der Waals surface area contributed by atoms with Crippen LogP contribution < -0.4 is 4.74 Å². The molecule has 21 heavy (non-hydrogen) atoms. The van der Waals surface area contributed by atoms with Crippen LogP contribution in [-0.4, -0.2) is 39.4 Å². The Balaban J connectivity index is 2.23. The predicted octanol–water partition coefficient (Wildman–Crippen LogP) is 2.03. The van der Waals surface area contributed by atoms with E-state index in [9.17, 15) is 13.2 Å². The maximum Gasteiger partial charge on any atom is 0.261 e. The van der Waals surface area contributed by atoms with Crippen LogP contribution in [0, 0.1) is 5.92 Å². The molecule has 1 aromatic carbocycles. The molecule has 1 amide bonds. The van der Waals surface area contributed by atoms with E-state index in [0.717, 1.165) is 19.5 Å². The lowest BCUT2D eigenvalue weighted by atomic mass is 10.1. The van der Waals surface area contributed by atoms with Gasteiger partial charge in [0.05, 0.1) is 18.4 Å². The third-order valence-electron chi connectivity index (χ3n) is 3.65. The molecule has 5 nitrogen and oxygen atoms in total. The molecule has 1 aliphatic heterocycles. The molecule has 0 saturated carbocycles. The number of likely N-dealkylation sites (tertiary alicyclic amines) is 1. The number of carbonyl (C=O) groups excluding carboxylic acids is 1. The summed E-state index contributed by atoms with van der Waals surface area (Å²) in [5.41, 5.74) is 0.531. The number of benzene rings is 1. The van der Waals surface area contributed by atoms with E-state index >= 15 is 0 Å². The molecule has 1 saturated heterocycles. The topological polar surface area (TPSA) is 63.7 Å². The SMILES string of the molecule is COc1ccc(S(=O)(=O)Cl)cc1CC(=O)N1CCC(C)C1. The Hall–Kier alpha value is -1.27. The lowest BCUT2D eigenvalue weighted by molar-refractivity contribution is -0.129. The largest absolute Gasteiger partial charge is 0.496 e. The summed E-state index contributed by atoms with van der Waals surface area (Å²) in [7, 11) is 3.01. The molecule has 0 radical (unpaired) electrons. The molecule has 1 fully saturated rings. The summed E-state index contributed by atoms with van der Waals surface area (Å²) in [6.45, 7) is 3.60. The van der Waals surface area contributed by atoms with Crippen molar-refractivity contribution in [3.63, 3.8) is 0 Å². The van der Waals surface area contributed by atoms with Crippen molar-refractivity contribution in [2.75, 3.05) is 20.2 Å². The molecule has 116 valence electrons. The molecule has 0 N–H and O–H groups in total. The van der Waals surface area contributed by atoms with Gasteiger partial charge in [-0.15, -0.1) is 0 Å². The minimum atomic E-state index is -3.82. The lowest BCUT2D eigenvalue weighted by Crippen LogP contribution is -2.30. The van der Waals surface area contributed by atoms with E-state index in [4.69, 9.17) is 15.4 Å². The van der Waals surface area contributed by atoms with Gasteiger partial charge < -0.3 is 9.64 Å². The van der Waals surface area contributed by atoms with Gasteiger partial charge in [-0.1, -0.05) is 6.92 Å². The molecule has 1 unspecified atom stereocenters. The number of ether oxygens (including phenoxy) is 1. The monoisotopic (exact) mass is 331 g/mol. The fourth-order valence-corrected chi connectivity index (χ4v) is 3.28. The molecule has 1 atom stereocenters. The number of hydrogen-bond donors (Lipinski definition) is 0. The summed E-state index contributed by atoms with van der Waals surface area (Å²) < 4.78 is 28.0. The van der Waals surface area contributed by atoms with Gasteiger partial charge in [0.15, 0.2) is 0 Å². The van der Waals surface area contributed by atoms with Crippen molar-refractivity contribution >= 4 is 25.6 Å². The highest BCUT2D eigenvalue weighted by Crippen LogP contribution is 2.26. The van der Waals surface area contributed by atoms with Crippen LogP contribution in [0.3, 0.4) is 0 Å². The van der Waals surface area contributed by atoms with Gasteiger partial charge >= 0.3 is 0 Å². The minimum Gasteiger partial charge on any atom is -0.496 e. The first-order valence-corrected chi connectivity index (χ1v) is 9.01. The van der Waals surface area contributed by atoms with Gasteiger partial charge in [-0.2, -0.15) is 0 Å². The number of rotatable bonds is 4. The second-order valence-corrected chi connectivity index (χ2v) is 7.89. The van der Waals surface area contributed by atoms with E-state index in [0.29, 0.717) is 17.2 Å². The Morgan fingerprint density at radius 3 is 2.71 bits per heavy atom. The van der Waals surface area contributed by atoms with Gasteiger partial charge in [0.1, 0.15) is 5.75 Å². The number of hydrogen-bond acceptors (Lipinski definition) is 4. The van der Waals surface area contributed by atoms with Crippen LogP contribution in [0.15, 0.2) is 23.1 Å². The van der Waals surface area contributed by atoms with Gasteiger partial charge in [-0.3, -0.25) is 4.79 Å². The van der Waals surface area contributed by atoms with Crippen molar-refractivity contribution in [3.05, 3.63) is 23.8 Å². The maximum atomic E-state index is 12.3. The van der Waals surface area contributed by atoms with E-state index in [1.54, 1.807) is 4.90 Å². The van der Waals surface area contributed by atoms with Gasteiger partial charge in [0, 0.05) is 29.3 Å². The highest BCUT2D eigenvalue weighted by molar-refractivity contribution is 8.13. The van der Waals surface area contributed by atoms with Gasteiger partial charge in [0.2, 0.25) is 5.91 Å². The fourth-order valence-electron chi connectivity index (χ4n) is 2.48. The van der Waals surface area contributed by atoms with Crippen LogP contribution in [0.4, 0.5) is 0 Å². The molecule has 0 bridgehead atoms. The molecule has 0 aliphatic carbocycles. The second kappa shape index (κ2) is 6.23. The summed E-state index contributed by atoms with van der Waals surface area (Å²) in [6, 6.07) is 4.29. The van der Waals surface area contributed by atoms with Crippen LogP contribution in [0.25, 0.3) is 0 Å². The number of methoxy groups -OCH3 is 1. The standard InChI is InChI=1S/C14H18ClNO4S/c1-10-5-6-16(9-10)14(17)8-11-7-12(21(15,18)19)3-4-13(11)20-2/h3-4,7,10H,5-6,8-9H2,1-2H3. The van der Waals surface area contributed by atoms with E-state index in [1.165, 1.54) is 25.3 Å². The third kappa shape index (κ3) is 3.89. The van der Waals surface area contributed by atoms with Crippen molar-refractivity contribution in [3.8, 4) is 5.75 Å². The number of nitrogens with zero attached hydrogens (tertiary/aromatic N) is 1. The molecule has 0 spiro atoms. The van der Waals surface area contributed by atoms with Crippen molar-refractivity contribution in [1.29, 1.82) is 0 Å². The second-order valence-electron chi connectivity index (χ2n) is 5.32. The first-order chi connectivity index (χ1) is 9.81. The molecular weight excluding hydrogens is 314 g/mol. The molecule has 0 aromatic heterocycles. The van der Waals surface area contributed by atoms with Crippen LogP contribution in [0.5, 0.6) is 5.75 Å². The summed E-state index contributed by atoms with van der Waals surface area (Å²) in [5.74, 6) is 0.965. The van der Waals surface area contributed by atoms with Crippen LogP contribution in [0.1, 0.15) is 18.9 Å². The maximum absolute atomic E-state index is 12.3. The smallest absolute Gasteiger partial charge is 0.261 e. The van der Waals surface area contributed by atoms with Gasteiger partial charge in [-0.05, 0) is 30.5 Å². The van der Waals surface area contributed by atoms with Crippen molar-refractivity contribution in [1.82, 2.24) is 4.90 Å². The molecule has 1 heterocycles. The predicted molar refractivity (Wildman–Crippen MR) is 80.1 cm³/mol. The van der Waals surface area contributed by atoms with Crippen LogP contribution in [0.2, 0.25) is 0 Å². The zero-order valence-corrected chi connectivity index (χ0v) is 13.6. The van der Waals surface area contributed by atoms with Crippen molar-refractivity contribution in [2.45, 2.75) is 24.7 Å². The third-order valence-corrected chi connectivity index (χ3v) is 5.00. The fraction of sp³-hybridized carbons (Fsp3) is 0.500. The average Bonchev–Trinajstić information content (AvgIpc) is 2.84. The Bertz CT molecular complexity index is 644. The number of carbonyl (C=O) groups is 1. The van der Waals surface area contributed by atoms with E-state index in [2.05, 4.69) is 6.92 Å². The average molecular weight is 332 g/mol. The van der Waals surface area contributed by atoms with Crippen molar-refractivity contribution in [2.24, 2.45) is 5.92 Å². The van der Waals surface area contributed by atoms with E-state index in [1.807, 2.05) is 0 Å². The Morgan fingerprint density at radius 2 is 2.19 bits per heavy atom. The zero-order valence-electron chi connectivity index (χ0n) is 12.0. The highest BCUT2D eigenvalue weighted by Gasteiger charge is 2.24. The first kappa shape index (κ1) is 16.1. The summed E-state index contributed by atoms with van der Waals surface area (Å²) in [6.07, 6.45) is 1.11. The van der Waals surface area contributed by atoms with Crippen LogP contribution in [-0.2, 0) is 20.3 Å². The van der Waals surface area contributed by atoms with Gasteiger partial charge in [-0.25, -0.2) is 8.42 Å². The zero-order chi connectivity index (χ0) is 15.6. The van der Waals surface area contributed by atoms with Crippen LogP contribution >= 0.6 is 10.7 Å². The molecule has 1 aliphatic rings.